The molecule has 0 atom stereocenters. The number of hydrogen-bond donors (Lipinski definition) is 3. The molecule has 2 aromatic rings. The molecule has 0 aliphatic rings. The van der Waals surface area contributed by atoms with Crippen molar-refractivity contribution in [3.05, 3.63) is 47.5 Å². The van der Waals surface area contributed by atoms with Gasteiger partial charge >= 0.3 is 6.55 Å². The Labute approximate surface area is 132 Å². The number of aliphatic hydroxyl groups excluding tert-OH is 1. The number of carbonyl (C=O) groups is 1. The Morgan fingerprint density at radius 1 is 1.43 bits per heavy atom. The standard InChI is InChI=1S/C15H18F2N4O2/c1-10-11(14(23)19-6-8-22)3-2-4-12(10)20-9-13-18-5-7-21(13)15(16)17/h2-5,7,15,20,22H,6,8-9H2,1H3,(H,19,23). The number of carbonyl (C=O) groups excluding carboxylic acids is 1. The highest BCUT2D eigenvalue weighted by atomic mass is 19.3. The minimum atomic E-state index is -2.65. The lowest BCUT2D eigenvalue weighted by molar-refractivity contribution is 0.0672. The van der Waals surface area contributed by atoms with Gasteiger partial charge in [0.05, 0.1) is 13.2 Å². The number of hydrogen-bond acceptors (Lipinski definition) is 4. The van der Waals surface area contributed by atoms with Crippen LogP contribution >= 0.6 is 0 Å². The molecule has 1 amide bonds. The first-order chi connectivity index (χ1) is 11.0. The van der Waals surface area contributed by atoms with Crippen molar-refractivity contribution >= 4 is 11.6 Å². The Bertz CT molecular complexity index is 673. The van der Waals surface area contributed by atoms with Crippen LogP contribution in [0, 0.1) is 6.92 Å². The van der Waals surface area contributed by atoms with Crippen LogP contribution in [0.2, 0.25) is 0 Å². The van der Waals surface area contributed by atoms with E-state index in [2.05, 4.69) is 15.6 Å². The van der Waals surface area contributed by atoms with Crippen LogP contribution in [0.4, 0.5) is 14.5 Å². The summed E-state index contributed by atoms with van der Waals surface area (Å²) < 4.78 is 26.3. The number of rotatable bonds is 7. The molecular weight excluding hydrogens is 306 g/mol. The molecule has 0 radical (unpaired) electrons. The van der Waals surface area contributed by atoms with Gasteiger partial charge in [-0.15, -0.1) is 0 Å². The van der Waals surface area contributed by atoms with E-state index in [-0.39, 0.29) is 31.4 Å². The van der Waals surface area contributed by atoms with Crippen LogP contribution in [0.3, 0.4) is 0 Å². The van der Waals surface area contributed by atoms with Crippen molar-refractivity contribution < 1.29 is 18.7 Å². The number of nitrogens with zero attached hydrogens (tertiary/aromatic N) is 2. The Morgan fingerprint density at radius 2 is 2.22 bits per heavy atom. The van der Waals surface area contributed by atoms with Gasteiger partial charge in [-0.1, -0.05) is 6.07 Å². The third kappa shape index (κ3) is 4.04. The van der Waals surface area contributed by atoms with Crippen LogP contribution in [-0.2, 0) is 6.54 Å². The molecule has 0 fully saturated rings. The molecule has 1 aromatic heterocycles. The molecule has 1 aromatic carbocycles. The van der Waals surface area contributed by atoms with E-state index in [1.54, 1.807) is 25.1 Å². The fourth-order valence-electron chi connectivity index (χ4n) is 2.17. The lowest BCUT2D eigenvalue weighted by atomic mass is 10.1. The summed E-state index contributed by atoms with van der Waals surface area (Å²) in [5.74, 6) is -0.0937. The lowest BCUT2D eigenvalue weighted by Crippen LogP contribution is -2.27. The van der Waals surface area contributed by atoms with E-state index < -0.39 is 6.55 Å². The van der Waals surface area contributed by atoms with Crippen LogP contribution < -0.4 is 10.6 Å². The van der Waals surface area contributed by atoms with Crippen LogP contribution in [0.1, 0.15) is 28.3 Å². The number of alkyl halides is 2. The molecule has 8 heteroatoms. The molecular formula is C15H18F2N4O2. The number of imidazole rings is 1. The SMILES string of the molecule is Cc1c(NCc2nccn2C(F)F)cccc1C(=O)NCCO. The zero-order valence-electron chi connectivity index (χ0n) is 12.6. The predicted octanol–water partition coefficient (Wildman–Crippen LogP) is 1.92. The maximum absolute atomic E-state index is 12.8. The molecule has 0 saturated carbocycles. The third-order valence-electron chi connectivity index (χ3n) is 3.37. The minimum absolute atomic E-state index is 0.111. The van der Waals surface area contributed by atoms with Gasteiger partial charge in [0.25, 0.3) is 5.91 Å². The van der Waals surface area contributed by atoms with Gasteiger partial charge in [0.2, 0.25) is 0 Å². The molecule has 3 N–H and O–H groups in total. The zero-order valence-corrected chi connectivity index (χ0v) is 12.6. The maximum Gasteiger partial charge on any atom is 0.319 e. The number of benzene rings is 1. The first-order valence-electron chi connectivity index (χ1n) is 7.07. The van der Waals surface area contributed by atoms with Crippen molar-refractivity contribution in [2.24, 2.45) is 0 Å². The van der Waals surface area contributed by atoms with Crippen LogP contribution in [0.25, 0.3) is 0 Å². The Hall–Kier alpha value is -2.48. The van der Waals surface area contributed by atoms with Gasteiger partial charge in [0.15, 0.2) is 0 Å². The van der Waals surface area contributed by atoms with Crippen molar-refractivity contribution in [1.29, 1.82) is 0 Å². The summed E-state index contributed by atoms with van der Waals surface area (Å²) in [7, 11) is 0. The molecule has 0 unspecified atom stereocenters. The van der Waals surface area contributed by atoms with E-state index in [9.17, 15) is 13.6 Å². The van der Waals surface area contributed by atoms with E-state index >= 15 is 0 Å². The summed E-state index contributed by atoms with van der Waals surface area (Å²) in [6.07, 6.45) is 2.53. The second kappa shape index (κ2) is 7.68. The van der Waals surface area contributed by atoms with Gasteiger partial charge in [-0.3, -0.25) is 9.36 Å². The molecule has 0 aliphatic heterocycles. The molecule has 0 bridgehead atoms. The van der Waals surface area contributed by atoms with Gasteiger partial charge in [-0.05, 0) is 24.6 Å². The average molecular weight is 324 g/mol. The number of nitrogens with one attached hydrogen (secondary N) is 2. The first kappa shape index (κ1) is 16.9. The summed E-state index contributed by atoms with van der Waals surface area (Å²) in [6, 6.07) is 5.11. The van der Waals surface area contributed by atoms with E-state index in [1.165, 1.54) is 12.4 Å². The summed E-state index contributed by atoms with van der Waals surface area (Å²) in [5.41, 5.74) is 1.81. The van der Waals surface area contributed by atoms with Crippen molar-refractivity contribution in [2.75, 3.05) is 18.5 Å². The molecule has 0 saturated heterocycles. The highest BCUT2D eigenvalue weighted by Gasteiger charge is 2.13. The summed E-state index contributed by atoms with van der Waals surface area (Å²) >= 11 is 0. The second-order valence-corrected chi connectivity index (χ2v) is 4.84. The van der Waals surface area contributed by atoms with Crippen molar-refractivity contribution in [1.82, 2.24) is 14.9 Å². The Kier molecular flexibility index (Phi) is 5.64. The van der Waals surface area contributed by atoms with Crippen molar-refractivity contribution in [3.63, 3.8) is 0 Å². The van der Waals surface area contributed by atoms with E-state index in [4.69, 9.17) is 5.11 Å². The summed E-state index contributed by atoms with van der Waals surface area (Å²) in [4.78, 5) is 15.9. The van der Waals surface area contributed by atoms with Gasteiger partial charge in [-0.2, -0.15) is 8.78 Å². The van der Waals surface area contributed by atoms with Crippen LogP contribution in [-0.4, -0.2) is 33.7 Å². The lowest BCUT2D eigenvalue weighted by Gasteiger charge is -2.14. The molecule has 1 heterocycles. The quantitative estimate of drug-likeness (QED) is 0.727. The zero-order chi connectivity index (χ0) is 16.8. The monoisotopic (exact) mass is 324 g/mol. The fourth-order valence-corrected chi connectivity index (χ4v) is 2.17. The van der Waals surface area contributed by atoms with Crippen molar-refractivity contribution in [3.8, 4) is 0 Å². The molecule has 23 heavy (non-hydrogen) atoms. The highest BCUT2D eigenvalue weighted by molar-refractivity contribution is 5.97. The van der Waals surface area contributed by atoms with E-state index in [0.29, 0.717) is 16.8 Å². The number of anilines is 1. The topological polar surface area (TPSA) is 79.2 Å². The predicted molar refractivity (Wildman–Crippen MR) is 81.4 cm³/mol. The van der Waals surface area contributed by atoms with Gasteiger partial charge in [0.1, 0.15) is 5.82 Å². The van der Waals surface area contributed by atoms with E-state index in [0.717, 1.165) is 4.57 Å². The third-order valence-corrected chi connectivity index (χ3v) is 3.37. The molecule has 124 valence electrons. The molecule has 6 nitrogen and oxygen atoms in total. The largest absolute Gasteiger partial charge is 0.395 e. The number of amides is 1. The second-order valence-electron chi connectivity index (χ2n) is 4.84. The molecule has 0 spiro atoms. The van der Waals surface area contributed by atoms with Gasteiger partial charge in [-0.25, -0.2) is 4.98 Å². The molecule has 2 rings (SSSR count). The summed E-state index contributed by atoms with van der Waals surface area (Å²) in [5, 5.41) is 14.3. The fraction of sp³-hybridized carbons (Fsp3) is 0.333. The van der Waals surface area contributed by atoms with Crippen molar-refractivity contribution in [2.45, 2.75) is 20.0 Å². The van der Waals surface area contributed by atoms with Crippen LogP contribution in [0.5, 0.6) is 0 Å². The first-order valence-corrected chi connectivity index (χ1v) is 7.07. The van der Waals surface area contributed by atoms with Crippen LogP contribution in [0.15, 0.2) is 30.6 Å². The maximum atomic E-state index is 12.8. The Morgan fingerprint density at radius 3 is 2.91 bits per heavy atom. The normalized spacial score (nSPS) is 10.8. The van der Waals surface area contributed by atoms with E-state index in [1.807, 2.05) is 0 Å². The minimum Gasteiger partial charge on any atom is -0.395 e. The van der Waals surface area contributed by atoms with Gasteiger partial charge < -0.3 is 15.7 Å². The Balaban J connectivity index is 2.11. The number of halogens is 2. The highest BCUT2D eigenvalue weighted by Crippen LogP contribution is 2.20. The summed E-state index contributed by atoms with van der Waals surface area (Å²) in [6.45, 7) is -0.748. The number of aliphatic hydroxyl groups is 1. The average Bonchev–Trinajstić information content (AvgIpc) is 3.00. The molecule has 0 aliphatic carbocycles. The smallest absolute Gasteiger partial charge is 0.319 e. The van der Waals surface area contributed by atoms with Gasteiger partial charge in [0, 0.05) is 30.2 Å². The number of aromatic nitrogens is 2.